The lowest BCUT2D eigenvalue weighted by atomic mass is 9.97. The van der Waals surface area contributed by atoms with E-state index in [9.17, 15) is 4.39 Å². The van der Waals surface area contributed by atoms with Crippen molar-refractivity contribution in [2.45, 2.75) is 50.4 Å². The average molecular weight is 359 g/mol. The molecule has 0 aliphatic carbocycles. The maximum atomic E-state index is 13.0. The van der Waals surface area contributed by atoms with Gasteiger partial charge in [0.05, 0.1) is 12.8 Å². The molecule has 2 fully saturated rings. The molecule has 0 spiro atoms. The number of fused-ring (bicyclic) bond motifs is 2. The Kier molecular flexibility index (Phi) is 4.72. The monoisotopic (exact) mass is 359 g/mol. The van der Waals surface area contributed by atoms with Gasteiger partial charge in [-0.1, -0.05) is 0 Å². The molecule has 132 valence electrons. The first-order chi connectivity index (χ1) is 12.2. The second-order valence-corrected chi connectivity index (χ2v) is 7.32. The molecule has 2 aromatic rings. The van der Waals surface area contributed by atoms with Crippen molar-refractivity contribution in [3.63, 3.8) is 0 Å². The molecule has 2 aliphatic heterocycles. The highest BCUT2D eigenvalue weighted by atomic mass is 32.1. The SMILES string of the molecule is Fc1ccc(NC(=S)NC2C[C@@H]3CC[C@@H](C2)N3Cc2ccco2)cc1. The number of hydrogen-bond acceptors (Lipinski definition) is 3. The minimum absolute atomic E-state index is 0.245. The molecule has 0 amide bonds. The normalized spacial score (nSPS) is 25.7. The zero-order valence-corrected chi connectivity index (χ0v) is 14.8. The molecule has 0 unspecified atom stereocenters. The largest absolute Gasteiger partial charge is 0.468 e. The van der Waals surface area contributed by atoms with Gasteiger partial charge in [0.2, 0.25) is 0 Å². The lowest BCUT2D eigenvalue weighted by molar-refractivity contribution is 0.106. The highest BCUT2D eigenvalue weighted by molar-refractivity contribution is 7.80. The van der Waals surface area contributed by atoms with Gasteiger partial charge in [0.15, 0.2) is 5.11 Å². The molecule has 3 heterocycles. The van der Waals surface area contributed by atoms with Crippen molar-refractivity contribution in [1.82, 2.24) is 10.2 Å². The van der Waals surface area contributed by atoms with E-state index in [4.69, 9.17) is 16.6 Å². The number of rotatable bonds is 4. The number of hydrogen-bond donors (Lipinski definition) is 2. The van der Waals surface area contributed by atoms with Gasteiger partial charge >= 0.3 is 0 Å². The van der Waals surface area contributed by atoms with Crippen molar-refractivity contribution in [2.75, 3.05) is 5.32 Å². The predicted octanol–water partition coefficient (Wildman–Crippen LogP) is 3.90. The quantitative estimate of drug-likeness (QED) is 0.810. The van der Waals surface area contributed by atoms with Crippen molar-refractivity contribution >= 4 is 23.0 Å². The Labute approximate surface area is 152 Å². The number of nitrogens with zero attached hydrogens (tertiary/aromatic N) is 1. The number of thiocarbonyl (C=S) groups is 1. The molecular formula is C19H22FN3OS. The molecule has 1 aromatic carbocycles. The summed E-state index contributed by atoms with van der Waals surface area (Å²) in [5, 5.41) is 7.18. The second-order valence-electron chi connectivity index (χ2n) is 6.91. The summed E-state index contributed by atoms with van der Waals surface area (Å²) >= 11 is 5.43. The highest BCUT2D eigenvalue weighted by Gasteiger charge is 2.41. The molecule has 4 rings (SSSR count). The molecule has 6 heteroatoms. The molecule has 2 bridgehead atoms. The summed E-state index contributed by atoms with van der Waals surface area (Å²) in [4.78, 5) is 2.58. The Balaban J connectivity index is 1.31. The van der Waals surface area contributed by atoms with E-state index in [0.29, 0.717) is 23.2 Å². The van der Waals surface area contributed by atoms with E-state index in [1.54, 1.807) is 18.4 Å². The Morgan fingerprint density at radius 2 is 1.88 bits per heavy atom. The summed E-state index contributed by atoms with van der Waals surface area (Å²) in [7, 11) is 0. The Bertz CT molecular complexity index is 705. The molecule has 0 radical (unpaired) electrons. The first-order valence-corrected chi connectivity index (χ1v) is 9.19. The van der Waals surface area contributed by atoms with E-state index in [0.717, 1.165) is 30.8 Å². The number of benzene rings is 1. The van der Waals surface area contributed by atoms with Crippen LogP contribution in [0.4, 0.5) is 10.1 Å². The Hall–Kier alpha value is -1.92. The van der Waals surface area contributed by atoms with Gasteiger partial charge < -0.3 is 15.1 Å². The van der Waals surface area contributed by atoms with E-state index < -0.39 is 0 Å². The Morgan fingerprint density at radius 3 is 2.52 bits per heavy atom. The minimum Gasteiger partial charge on any atom is -0.468 e. The van der Waals surface area contributed by atoms with Crippen LogP contribution in [0.15, 0.2) is 47.1 Å². The lowest BCUT2D eigenvalue weighted by Gasteiger charge is -2.39. The second kappa shape index (κ2) is 7.14. The van der Waals surface area contributed by atoms with Crippen LogP contribution in [0.5, 0.6) is 0 Å². The van der Waals surface area contributed by atoms with E-state index in [1.807, 2.05) is 12.1 Å². The van der Waals surface area contributed by atoms with E-state index in [2.05, 4.69) is 15.5 Å². The van der Waals surface area contributed by atoms with Gasteiger partial charge in [-0.25, -0.2) is 4.39 Å². The van der Waals surface area contributed by atoms with Crippen LogP contribution in [0.1, 0.15) is 31.4 Å². The number of nitrogens with one attached hydrogen (secondary N) is 2. The topological polar surface area (TPSA) is 40.4 Å². The molecule has 4 nitrogen and oxygen atoms in total. The maximum Gasteiger partial charge on any atom is 0.170 e. The summed E-state index contributed by atoms with van der Waals surface area (Å²) in [6.45, 7) is 0.896. The summed E-state index contributed by atoms with van der Waals surface area (Å²) in [6, 6.07) is 11.8. The number of halogens is 1. The fourth-order valence-electron chi connectivity index (χ4n) is 4.12. The first kappa shape index (κ1) is 16.5. The van der Waals surface area contributed by atoms with Crippen LogP contribution in [0.25, 0.3) is 0 Å². The molecule has 1 aromatic heterocycles. The van der Waals surface area contributed by atoms with Gasteiger partial charge in [0.25, 0.3) is 0 Å². The smallest absolute Gasteiger partial charge is 0.170 e. The third-order valence-corrected chi connectivity index (χ3v) is 5.46. The van der Waals surface area contributed by atoms with Crippen LogP contribution >= 0.6 is 12.2 Å². The molecule has 25 heavy (non-hydrogen) atoms. The van der Waals surface area contributed by atoms with Gasteiger partial charge in [-0.05, 0) is 74.3 Å². The lowest BCUT2D eigenvalue weighted by Crippen LogP contribution is -2.50. The maximum absolute atomic E-state index is 13.0. The highest BCUT2D eigenvalue weighted by Crippen LogP contribution is 2.36. The van der Waals surface area contributed by atoms with Crippen molar-refractivity contribution in [2.24, 2.45) is 0 Å². The molecule has 2 atom stereocenters. The number of furan rings is 1. The first-order valence-electron chi connectivity index (χ1n) is 8.78. The van der Waals surface area contributed by atoms with Crippen molar-refractivity contribution in [1.29, 1.82) is 0 Å². The van der Waals surface area contributed by atoms with Crippen molar-refractivity contribution < 1.29 is 8.81 Å². The summed E-state index contributed by atoms with van der Waals surface area (Å²) in [5.74, 6) is 0.793. The van der Waals surface area contributed by atoms with E-state index in [-0.39, 0.29) is 5.82 Å². The standard InChI is InChI=1S/C19H22FN3OS/c20-13-3-5-14(6-4-13)21-19(25)22-15-10-16-7-8-17(11-15)23(16)12-18-2-1-9-24-18/h1-6,9,15-17H,7-8,10-12H2,(H2,21,22,25)/t16-,17-/m0/s1. The van der Waals surface area contributed by atoms with Crippen LogP contribution in [-0.2, 0) is 6.54 Å². The zero-order valence-electron chi connectivity index (χ0n) is 14.0. The Morgan fingerprint density at radius 1 is 1.16 bits per heavy atom. The van der Waals surface area contributed by atoms with Crippen LogP contribution in [0.2, 0.25) is 0 Å². The molecule has 2 aliphatic rings. The van der Waals surface area contributed by atoms with Crippen LogP contribution in [-0.4, -0.2) is 28.1 Å². The van der Waals surface area contributed by atoms with Gasteiger partial charge in [0.1, 0.15) is 11.6 Å². The summed E-state index contributed by atoms with van der Waals surface area (Å²) in [6.07, 6.45) is 6.39. The van der Waals surface area contributed by atoms with Crippen LogP contribution in [0, 0.1) is 5.82 Å². The third-order valence-electron chi connectivity index (χ3n) is 5.24. The van der Waals surface area contributed by atoms with Crippen LogP contribution < -0.4 is 10.6 Å². The molecule has 0 saturated carbocycles. The zero-order chi connectivity index (χ0) is 17.2. The molecule has 2 N–H and O–H groups in total. The van der Waals surface area contributed by atoms with Crippen molar-refractivity contribution in [3.05, 3.63) is 54.2 Å². The average Bonchev–Trinajstić information content (AvgIpc) is 3.17. The fraction of sp³-hybridized carbons (Fsp3) is 0.421. The number of anilines is 1. The van der Waals surface area contributed by atoms with E-state index >= 15 is 0 Å². The van der Waals surface area contributed by atoms with Gasteiger partial charge in [-0.2, -0.15) is 0 Å². The van der Waals surface area contributed by atoms with Crippen LogP contribution in [0.3, 0.4) is 0 Å². The molecular weight excluding hydrogens is 337 g/mol. The predicted molar refractivity (Wildman–Crippen MR) is 99.8 cm³/mol. The van der Waals surface area contributed by atoms with Gasteiger partial charge in [-0.15, -0.1) is 0 Å². The number of piperidine rings is 1. The summed E-state index contributed by atoms with van der Waals surface area (Å²) < 4.78 is 18.5. The minimum atomic E-state index is -0.245. The fourth-order valence-corrected chi connectivity index (χ4v) is 4.40. The van der Waals surface area contributed by atoms with Gasteiger partial charge in [-0.3, -0.25) is 4.90 Å². The summed E-state index contributed by atoms with van der Waals surface area (Å²) in [5.41, 5.74) is 0.803. The van der Waals surface area contributed by atoms with Gasteiger partial charge in [0, 0.05) is 23.8 Å². The molecule has 2 saturated heterocycles. The van der Waals surface area contributed by atoms with E-state index in [1.165, 1.54) is 25.0 Å². The third kappa shape index (κ3) is 3.85. The van der Waals surface area contributed by atoms with Crippen molar-refractivity contribution in [3.8, 4) is 0 Å².